The van der Waals surface area contributed by atoms with Crippen molar-refractivity contribution in [1.82, 2.24) is 0 Å². The van der Waals surface area contributed by atoms with Crippen molar-refractivity contribution in [2.75, 3.05) is 0 Å². The summed E-state index contributed by atoms with van der Waals surface area (Å²) >= 11 is 1.59. The van der Waals surface area contributed by atoms with Gasteiger partial charge in [0.25, 0.3) is 0 Å². The fourth-order valence-corrected chi connectivity index (χ4v) is 3.63. The zero-order valence-electron chi connectivity index (χ0n) is 11.8. The Balaban J connectivity index is 2.04. The third-order valence-electron chi connectivity index (χ3n) is 3.96. The van der Waals surface area contributed by atoms with E-state index in [1.54, 1.807) is 16.9 Å². The molecule has 3 atom stereocenters. The van der Waals surface area contributed by atoms with Gasteiger partial charge in [-0.3, -0.25) is 0 Å². The molecule has 1 aromatic rings. The maximum atomic E-state index is 10.8. The number of aliphatic hydroxyl groups is 1. The first kappa shape index (κ1) is 14.9. The zero-order chi connectivity index (χ0) is 13.7. The quantitative estimate of drug-likeness (QED) is 0.644. The number of hydrogen-bond donors (Lipinski definition) is 1. The molecule has 0 saturated heterocycles. The number of ether oxygens (including phenoxy) is 1. The standard InChI is InChI=1S/C16H25AsO2/c1-2-3-4-5-8-13-11-16(18,12-17)14-9-6-7-10-15(14)19-13/h6-7,9-10,13,18H,2-5,8,11-12,17H2,1H3. The van der Waals surface area contributed by atoms with Crippen LogP contribution in [-0.4, -0.2) is 28.1 Å². The predicted molar refractivity (Wildman–Crippen MR) is 81.5 cm³/mol. The Bertz CT molecular complexity index is 407. The molecule has 106 valence electrons. The van der Waals surface area contributed by atoms with Gasteiger partial charge in [0.2, 0.25) is 0 Å². The van der Waals surface area contributed by atoms with Crippen LogP contribution < -0.4 is 4.74 Å². The van der Waals surface area contributed by atoms with Crippen LogP contribution in [0.2, 0.25) is 5.21 Å². The monoisotopic (exact) mass is 324 g/mol. The van der Waals surface area contributed by atoms with Crippen molar-refractivity contribution in [3.8, 4) is 5.75 Å². The molecular weight excluding hydrogens is 299 g/mol. The van der Waals surface area contributed by atoms with Gasteiger partial charge in [0, 0.05) is 0 Å². The van der Waals surface area contributed by atoms with Gasteiger partial charge in [0.15, 0.2) is 0 Å². The van der Waals surface area contributed by atoms with E-state index in [4.69, 9.17) is 4.74 Å². The zero-order valence-corrected chi connectivity index (χ0v) is 14.2. The minimum atomic E-state index is -0.676. The molecule has 2 nitrogen and oxygen atoms in total. The minimum absolute atomic E-state index is 0.174. The van der Waals surface area contributed by atoms with Gasteiger partial charge >= 0.3 is 125 Å². The first-order valence-electron chi connectivity index (χ1n) is 7.38. The summed E-state index contributed by atoms with van der Waals surface area (Å²) in [7, 11) is 0. The van der Waals surface area contributed by atoms with Crippen LogP contribution in [0, 0.1) is 0 Å². The van der Waals surface area contributed by atoms with Crippen LogP contribution in [0.4, 0.5) is 0 Å². The SMILES string of the molecule is CCCCCCC1CC(O)(C[AsH2])c2ccccc2O1. The molecule has 0 radical (unpaired) electrons. The first-order valence-corrected chi connectivity index (χ1v) is 9.09. The average Bonchev–Trinajstić information content (AvgIpc) is 2.44. The molecule has 1 aliphatic rings. The Morgan fingerprint density at radius 1 is 1.32 bits per heavy atom. The van der Waals surface area contributed by atoms with Crippen molar-refractivity contribution in [1.29, 1.82) is 0 Å². The Morgan fingerprint density at radius 2 is 2.11 bits per heavy atom. The van der Waals surface area contributed by atoms with Crippen LogP contribution in [0.3, 0.4) is 0 Å². The molecule has 1 heterocycles. The van der Waals surface area contributed by atoms with E-state index in [2.05, 4.69) is 6.92 Å². The molecule has 0 spiro atoms. The van der Waals surface area contributed by atoms with Crippen LogP contribution in [-0.2, 0) is 5.60 Å². The Morgan fingerprint density at radius 3 is 2.84 bits per heavy atom. The van der Waals surface area contributed by atoms with E-state index in [1.165, 1.54) is 25.7 Å². The summed E-state index contributed by atoms with van der Waals surface area (Å²) in [5, 5.41) is 11.7. The van der Waals surface area contributed by atoms with E-state index in [1.807, 2.05) is 24.3 Å². The number of benzene rings is 1. The second-order valence-electron chi connectivity index (χ2n) is 5.53. The molecule has 0 fully saturated rings. The van der Waals surface area contributed by atoms with Crippen LogP contribution in [0.25, 0.3) is 0 Å². The summed E-state index contributed by atoms with van der Waals surface area (Å²) in [6.07, 6.45) is 7.00. The van der Waals surface area contributed by atoms with Crippen molar-refractivity contribution < 1.29 is 9.84 Å². The molecule has 1 aromatic carbocycles. The summed E-state index contributed by atoms with van der Waals surface area (Å²) in [6, 6.07) is 7.96. The van der Waals surface area contributed by atoms with Crippen molar-refractivity contribution in [2.45, 2.75) is 62.4 Å². The molecule has 3 unspecified atom stereocenters. The Kier molecular flexibility index (Phi) is 5.35. The molecule has 0 aliphatic carbocycles. The van der Waals surface area contributed by atoms with Crippen molar-refractivity contribution in [2.24, 2.45) is 0 Å². The second-order valence-corrected chi connectivity index (χ2v) is 6.38. The molecule has 1 aliphatic heterocycles. The van der Waals surface area contributed by atoms with Crippen LogP contribution >= 0.6 is 0 Å². The molecule has 0 bridgehead atoms. The molecule has 2 rings (SSSR count). The molecule has 3 heteroatoms. The number of para-hydroxylation sites is 1. The Hall–Kier alpha value is -0.462. The van der Waals surface area contributed by atoms with Crippen molar-refractivity contribution in [3.63, 3.8) is 0 Å². The molecular formula is C16H25AsO2. The molecule has 19 heavy (non-hydrogen) atoms. The van der Waals surface area contributed by atoms with Crippen LogP contribution in [0.15, 0.2) is 24.3 Å². The van der Waals surface area contributed by atoms with E-state index in [0.717, 1.165) is 29.4 Å². The molecule has 0 amide bonds. The third-order valence-corrected chi connectivity index (χ3v) is 5.38. The summed E-state index contributed by atoms with van der Waals surface area (Å²) in [5.41, 5.74) is 0.300. The van der Waals surface area contributed by atoms with Gasteiger partial charge in [-0.15, -0.1) is 0 Å². The summed E-state index contributed by atoms with van der Waals surface area (Å²) in [4.78, 5) is 0. The van der Waals surface area contributed by atoms with E-state index in [-0.39, 0.29) is 6.10 Å². The Labute approximate surface area is 125 Å². The van der Waals surface area contributed by atoms with Gasteiger partial charge in [-0.2, -0.15) is 0 Å². The van der Waals surface area contributed by atoms with Gasteiger partial charge in [0.05, 0.1) is 0 Å². The summed E-state index contributed by atoms with van der Waals surface area (Å²) < 4.78 is 6.06. The van der Waals surface area contributed by atoms with E-state index in [9.17, 15) is 5.11 Å². The average molecular weight is 324 g/mol. The molecule has 0 saturated carbocycles. The van der Waals surface area contributed by atoms with Gasteiger partial charge in [-0.1, -0.05) is 0 Å². The topological polar surface area (TPSA) is 29.5 Å². The van der Waals surface area contributed by atoms with Gasteiger partial charge in [-0.05, 0) is 0 Å². The summed E-state index contributed by atoms with van der Waals surface area (Å²) in [5.74, 6) is 0.884. The van der Waals surface area contributed by atoms with Crippen molar-refractivity contribution >= 4 is 16.9 Å². The van der Waals surface area contributed by atoms with E-state index < -0.39 is 5.60 Å². The number of rotatable bonds is 6. The van der Waals surface area contributed by atoms with Gasteiger partial charge < -0.3 is 0 Å². The maximum absolute atomic E-state index is 10.8. The molecule has 1 N–H and O–H groups in total. The van der Waals surface area contributed by atoms with Crippen LogP contribution in [0.1, 0.15) is 51.0 Å². The molecule has 0 aromatic heterocycles. The number of fused-ring (bicyclic) bond motifs is 1. The van der Waals surface area contributed by atoms with E-state index >= 15 is 0 Å². The van der Waals surface area contributed by atoms with E-state index in [0.29, 0.717) is 0 Å². The number of unbranched alkanes of at least 4 members (excludes halogenated alkanes) is 3. The van der Waals surface area contributed by atoms with Crippen LogP contribution in [0.5, 0.6) is 5.75 Å². The van der Waals surface area contributed by atoms with Gasteiger partial charge in [-0.25, -0.2) is 0 Å². The van der Waals surface area contributed by atoms with Crippen molar-refractivity contribution in [3.05, 3.63) is 29.8 Å². The predicted octanol–water partition coefficient (Wildman–Crippen LogP) is 3.05. The normalized spacial score (nSPS) is 25.7. The second kappa shape index (κ2) is 6.81. The van der Waals surface area contributed by atoms with Gasteiger partial charge in [0.1, 0.15) is 0 Å². The third kappa shape index (κ3) is 3.55. The first-order chi connectivity index (χ1) is 9.19. The summed E-state index contributed by atoms with van der Waals surface area (Å²) in [6.45, 7) is 2.23. The fraction of sp³-hybridized carbons (Fsp3) is 0.625. The fourth-order valence-electron chi connectivity index (χ4n) is 2.81. The number of hydrogen-bond acceptors (Lipinski definition) is 2.